The zero-order valence-corrected chi connectivity index (χ0v) is 11.6. The molecule has 0 saturated carbocycles. The Kier molecular flexibility index (Phi) is 5.11. The van der Waals surface area contributed by atoms with Crippen LogP contribution in [0.1, 0.15) is 11.1 Å². The first kappa shape index (κ1) is 15.3. The van der Waals surface area contributed by atoms with Crippen LogP contribution in [0.15, 0.2) is 42.5 Å². The zero-order chi connectivity index (χ0) is 15.2. The molecular formula is C15H11ClF2O3. The Morgan fingerprint density at radius 2 is 1.62 bits per heavy atom. The molecule has 0 radical (unpaired) electrons. The molecule has 6 heteroatoms. The van der Waals surface area contributed by atoms with Crippen LogP contribution in [0.25, 0.3) is 0 Å². The monoisotopic (exact) mass is 312 g/mol. The van der Waals surface area contributed by atoms with E-state index in [1.807, 2.05) is 0 Å². The summed E-state index contributed by atoms with van der Waals surface area (Å²) < 4.78 is 36.8. The van der Waals surface area contributed by atoms with Gasteiger partial charge >= 0.3 is 5.43 Å². The molecular weight excluding hydrogens is 302 g/mol. The van der Waals surface area contributed by atoms with Gasteiger partial charge < -0.3 is 9.47 Å². The predicted molar refractivity (Wildman–Crippen MR) is 73.2 cm³/mol. The number of hydrogen-bond acceptors (Lipinski definition) is 3. The van der Waals surface area contributed by atoms with Gasteiger partial charge in [0.05, 0.1) is 5.56 Å². The Labute approximate surface area is 125 Å². The second kappa shape index (κ2) is 7.04. The van der Waals surface area contributed by atoms with E-state index < -0.39 is 17.1 Å². The van der Waals surface area contributed by atoms with Crippen LogP contribution in [-0.2, 0) is 18.0 Å². The lowest BCUT2D eigenvalue weighted by Gasteiger charge is -2.09. The van der Waals surface area contributed by atoms with Crippen LogP contribution in [0.4, 0.5) is 13.6 Å². The number of ether oxygens (including phenoxy) is 2. The summed E-state index contributed by atoms with van der Waals surface area (Å²) in [6.07, 6.45) is 0. The van der Waals surface area contributed by atoms with E-state index in [0.717, 1.165) is 0 Å². The van der Waals surface area contributed by atoms with Gasteiger partial charge in [-0.2, -0.15) is 0 Å². The van der Waals surface area contributed by atoms with Crippen LogP contribution in [-0.4, -0.2) is 5.43 Å². The third-order valence-corrected chi connectivity index (χ3v) is 2.83. The highest BCUT2D eigenvalue weighted by Gasteiger charge is 2.09. The molecule has 0 aliphatic rings. The molecule has 2 rings (SSSR count). The first-order valence-corrected chi connectivity index (χ1v) is 6.41. The Morgan fingerprint density at radius 1 is 1.00 bits per heavy atom. The summed E-state index contributed by atoms with van der Waals surface area (Å²) in [5.74, 6) is -0.861. The maximum atomic E-state index is 13.4. The lowest BCUT2D eigenvalue weighted by atomic mass is 10.2. The topological polar surface area (TPSA) is 35.5 Å². The average Bonchev–Trinajstić information content (AvgIpc) is 2.46. The summed E-state index contributed by atoms with van der Waals surface area (Å²) in [7, 11) is 0. The van der Waals surface area contributed by atoms with Gasteiger partial charge in [-0.25, -0.2) is 13.6 Å². The Hall–Kier alpha value is -2.14. The van der Waals surface area contributed by atoms with Crippen molar-refractivity contribution in [3.8, 4) is 5.75 Å². The van der Waals surface area contributed by atoms with Crippen LogP contribution in [0.5, 0.6) is 5.75 Å². The molecule has 2 aromatic rings. The second-order valence-electron chi connectivity index (χ2n) is 4.16. The van der Waals surface area contributed by atoms with E-state index in [1.165, 1.54) is 18.2 Å². The van der Waals surface area contributed by atoms with Gasteiger partial charge in [-0.3, -0.25) is 0 Å². The van der Waals surface area contributed by atoms with Crippen molar-refractivity contribution in [3.63, 3.8) is 0 Å². The molecule has 2 aromatic carbocycles. The van der Waals surface area contributed by atoms with Crippen molar-refractivity contribution in [1.82, 2.24) is 0 Å². The van der Waals surface area contributed by atoms with E-state index in [0.29, 0.717) is 11.3 Å². The van der Waals surface area contributed by atoms with Crippen molar-refractivity contribution in [1.29, 1.82) is 0 Å². The first-order chi connectivity index (χ1) is 10.1. The molecule has 0 bridgehead atoms. The molecule has 0 N–H and O–H groups in total. The molecule has 0 aliphatic heterocycles. The van der Waals surface area contributed by atoms with Gasteiger partial charge in [-0.05, 0) is 29.8 Å². The molecule has 21 heavy (non-hydrogen) atoms. The van der Waals surface area contributed by atoms with Crippen LogP contribution in [0, 0.1) is 11.6 Å². The maximum Gasteiger partial charge on any atom is 0.404 e. The number of benzene rings is 2. The van der Waals surface area contributed by atoms with E-state index in [1.54, 1.807) is 24.3 Å². The molecule has 0 saturated heterocycles. The van der Waals surface area contributed by atoms with Gasteiger partial charge in [-0.15, -0.1) is 0 Å². The number of rotatable bonds is 5. The Balaban J connectivity index is 1.96. The van der Waals surface area contributed by atoms with Crippen LogP contribution in [0.2, 0.25) is 0 Å². The van der Waals surface area contributed by atoms with Crippen molar-refractivity contribution in [3.05, 3.63) is 65.2 Å². The highest BCUT2D eigenvalue weighted by Crippen LogP contribution is 2.18. The van der Waals surface area contributed by atoms with E-state index in [9.17, 15) is 13.6 Å². The highest BCUT2D eigenvalue weighted by molar-refractivity contribution is 6.61. The Bertz CT molecular complexity index is 609. The third kappa shape index (κ3) is 4.43. The number of hydrogen-bond donors (Lipinski definition) is 0. The van der Waals surface area contributed by atoms with Crippen LogP contribution < -0.4 is 4.74 Å². The van der Waals surface area contributed by atoms with Crippen molar-refractivity contribution >= 4 is 17.0 Å². The van der Waals surface area contributed by atoms with Crippen molar-refractivity contribution in [2.45, 2.75) is 13.2 Å². The van der Waals surface area contributed by atoms with E-state index in [-0.39, 0.29) is 18.8 Å². The standard InChI is InChI=1S/C15H11ClF2O3/c16-15(19)21-8-10-4-6-11(7-5-10)20-9-12-13(17)2-1-3-14(12)18/h1-7H,8-9H2. The molecule has 0 amide bonds. The fraction of sp³-hybridized carbons (Fsp3) is 0.133. The van der Waals surface area contributed by atoms with Crippen molar-refractivity contribution < 1.29 is 23.0 Å². The molecule has 110 valence electrons. The molecule has 0 aliphatic carbocycles. The predicted octanol–water partition coefficient (Wildman–Crippen LogP) is 4.42. The maximum absolute atomic E-state index is 13.4. The van der Waals surface area contributed by atoms with Gasteiger partial charge in [-0.1, -0.05) is 18.2 Å². The van der Waals surface area contributed by atoms with E-state index in [4.69, 9.17) is 16.3 Å². The highest BCUT2D eigenvalue weighted by atomic mass is 35.5. The lowest BCUT2D eigenvalue weighted by Crippen LogP contribution is -2.02. The van der Waals surface area contributed by atoms with Crippen LogP contribution >= 0.6 is 11.6 Å². The summed E-state index contributed by atoms with van der Waals surface area (Å²) in [5.41, 5.74) is -0.295. The fourth-order valence-corrected chi connectivity index (χ4v) is 1.70. The van der Waals surface area contributed by atoms with Crippen molar-refractivity contribution in [2.75, 3.05) is 0 Å². The minimum atomic E-state index is -0.884. The van der Waals surface area contributed by atoms with Gasteiger partial charge in [0, 0.05) is 11.6 Å². The molecule has 0 atom stereocenters. The van der Waals surface area contributed by atoms with Crippen molar-refractivity contribution in [2.24, 2.45) is 0 Å². The van der Waals surface area contributed by atoms with Gasteiger partial charge in [0.15, 0.2) is 0 Å². The number of carbonyl (C=O) groups is 1. The van der Waals surface area contributed by atoms with Crippen LogP contribution in [0.3, 0.4) is 0 Å². The van der Waals surface area contributed by atoms with E-state index in [2.05, 4.69) is 4.74 Å². The summed E-state index contributed by atoms with van der Waals surface area (Å²) in [6, 6.07) is 10.2. The summed E-state index contributed by atoms with van der Waals surface area (Å²) in [4.78, 5) is 10.5. The molecule has 0 fully saturated rings. The zero-order valence-electron chi connectivity index (χ0n) is 10.8. The quantitative estimate of drug-likeness (QED) is 0.767. The summed E-state index contributed by atoms with van der Waals surface area (Å²) in [5, 5.41) is 0. The summed E-state index contributed by atoms with van der Waals surface area (Å²) in [6.45, 7) is -0.168. The molecule has 0 heterocycles. The molecule has 0 aromatic heterocycles. The SMILES string of the molecule is O=C(Cl)OCc1ccc(OCc2c(F)cccc2F)cc1. The number of carbonyl (C=O) groups excluding carboxylic acids is 1. The molecule has 0 unspecified atom stereocenters. The minimum Gasteiger partial charge on any atom is -0.489 e. The second-order valence-corrected chi connectivity index (χ2v) is 4.47. The van der Waals surface area contributed by atoms with Gasteiger partial charge in [0.1, 0.15) is 30.6 Å². The average molecular weight is 313 g/mol. The summed E-state index contributed by atoms with van der Waals surface area (Å²) >= 11 is 5.05. The van der Waals surface area contributed by atoms with Gasteiger partial charge in [0.25, 0.3) is 0 Å². The van der Waals surface area contributed by atoms with E-state index >= 15 is 0 Å². The molecule has 3 nitrogen and oxygen atoms in total. The third-order valence-electron chi connectivity index (χ3n) is 2.72. The molecule has 0 spiro atoms. The largest absolute Gasteiger partial charge is 0.489 e. The van der Waals surface area contributed by atoms with Gasteiger partial charge in [0.2, 0.25) is 0 Å². The lowest BCUT2D eigenvalue weighted by molar-refractivity contribution is 0.167. The Morgan fingerprint density at radius 3 is 2.19 bits per heavy atom. The fourth-order valence-electron chi connectivity index (χ4n) is 1.65. The smallest absolute Gasteiger partial charge is 0.404 e. The normalized spacial score (nSPS) is 10.2. The first-order valence-electron chi connectivity index (χ1n) is 6.03. The number of halogens is 3. The minimum absolute atomic E-state index is 0.0462.